The second kappa shape index (κ2) is 6.55. The van der Waals surface area contributed by atoms with E-state index in [0.717, 1.165) is 0 Å². The van der Waals surface area contributed by atoms with Gasteiger partial charge in [0.05, 0.1) is 22.4 Å². The Hall–Kier alpha value is -1.50. The van der Waals surface area contributed by atoms with Gasteiger partial charge in [-0.15, -0.1) is 0 Å². The highest BCUT2D eigenvalue weighted by Gasteiger charge is 2.33. The second-order valence-corrected chi connectivity index (χ2v) is 6.48. The minimum atomic E-state index is -0.202. The van der Waals surface area contributed by atoms with Crippen LogP contribution in [0, 0.1) is 0 Å². The molecule has 1 aromatic heterocycles. The van der Waals surface area contributed by atoms with Crippen molar-refractivity contribution >= 4 is 52.4 Å². The summed E-state index contributed by atoms with van der Waals surface area (Å²) in [6.07, 6.45) is 3.47. The lowest BCUT2D eigenvalue weighted by Gasteiger charge is -2.37. The van der Waals surface area contributed by atoms with Crippen molar-refractivity contribution in [3.8, 4) is 0 Å². The maximum absolute atomic E-state index is 12.9. The monoisotopic (exact) mass is 368 g/mol. The van der Waals surface area contributed by atoms with Gasteiger partial charge in [0.25, 0.3) is 5.91 Å². The first-order valence-corrected chi connectivity index (χ1v) is 8.96. The lowest BCUT2D eigenvalue weighted by Crippen LogP contribution is -2.47. The Kier molecular flexibility index (Phi) is 4.66. The summed E-state index contributed by atoms with van der Waals surface area (Å²) in [7, 11) is 0. The first kappa shape index (κ1) is 16.4. The van der Waals surface area contributed by atoms with Crippen LogP contribution in [0.3, 0.4) is 0 Å². The predicted molar refractivity (Wildman–Crippen MR) is 95.0 cm³/mol. The van der Waals surface area contributed by atoms with E-state index in [0.29, 0.717) is 45.5 Å². The summed E-state index contributed by atoms with van der Waals surface area (Å²) in [4.78, 5) is 25.1. The van der Waals surface area contributed by atoms with Gasteiger partial charge in [0.1, 0.15) is 11.4 Å². The molecule has 8 heteroatoms. The van der Waals surface area contributed by atoms with E-state index in [2.05, 4.69) is 9.97 Å². The summed E-state index contributed by atoms with van der Waals surface area (Å²) >= 11 is 14.0. The molecule has 0 radical (unpaired) electrons. The third-order valence-corrected chi connectivity index (χ3v) is 4.78. The van der Waals surface area contributed by atoms with Crippen molar-refractivity contribution < 1.29 is 4.79 Å². The summed E-state index contributed by atoms with van der Waals surface area (Å²) in [6, 6.07) is 5.19. The van der Waals surface area contributed by atoms with Gasteiger partial charge < -0.3 is 4.90 Å². The van der Waals surface area contributed by atoms with Crippen LogP contribution in [0.15, 0.2) is 29.6 Å². The first-order chi connectivity index (χ1) is 11.1. The maximum Gasteiger partial charge on any atom is 0.265 e. The molecule has 1 amide bonds. The van der Waals surface area contributed by atoms with Crippen LogP contribution in [0.4, 0.5) is 11.5 Å². The number of amides is 1. The number of rotatable bonds is 3. The minimum Gasteiger partial charge on any atom is -0.338 e. The standard InChI is InChI=1S/C15H14Cl2N4OS/c1-3-20-8-21(12-10(16)5-4-6-11(12)17)14(22)9-7-18-15(23-2)19-13(9)20/h4-7H,3,8H2,1-2H3. The molecule has 0 spiro atoms. The Bertz CT molecular complexity index is 751. The highest BCUT2D eigenvalue weighted by Crippen LogP contribution is 2.37. The molecule has 2 heterocycles. The molecule has 2 aromatic rings. The molecule has 1 aliphatic rings. The van der Waals surface area contributed by atoms with Gasteiger partial charge in [-0.05, 0) is 25.3 Å². The molecule has 5 nitrogen and oxygen atoms in total. The molecule has 23 heavy (non-hydrogen) atoms. The van der Waals surface area contributed by atoms with Crippen LogP contribution in [0.2, 0.25) is 10.0 Å². The summed E-state index contributed by atoms with van der Waals surface area (Å²) in [6.45, 7) is 3.05. The minimum absolute atomic E-state index is 0.202. The zero-order valence-electron chi connectivity index (χ0n) is 12.6. The van der Waals surface area contributed by atoms with E-state index in [1.54, 1.807) is 29.3 Å². The van der Waals surface area contributed by atoms with Crippen LogP contribution in [0.5, 0.6) is 0 Å². The fraction of sp³-hybridized carbons (Fsp3) is 0.267. The number of thioether (sulfide) groups is 1. The molecule has 1 aliphatic heterocycles. The number of carbonyl (C=O) groups is 1. The number of hydrogen-bond acceptors (Lipinski definition) is 5. The van der Waals surface area contributed by atoms with Gasteiger partial charge in [-0.25, -0.2) is 9.97 Å². The Morgan fingerprint density at radius 3 is 2.61 bits per heavy atom. The molecule has 120 valence electrons. The van der Waals surface area contributed by atoms with Crippen molar-refractivity contribution in [1.82, 2.24) is 9.97 Å². The van der Waals surface area contributed by atoms with Gasteiger partial charge in [0, 0.05) is 12.7 Å². The quantitative estimate of drug-likeness (QED) is 0.606. The average molecular weight is 369 g/mol. The number of nitrogens with zero attached hydrogens (tertiary/aromatic N) is 4. The smallest absolute Gasteiger partial charge is 0.265 e. The van der Waals surface area contributed by atoms with Crippen molar-refractivity contribution in [3.63, 3.8) is 0 Å². The summed E-state index contributed by atoms with van der Waals surface area (Å²) in [5.74, 6) is 0.448. The third-order valence-electron chi connectivity index (χ3n) is 3.61. The third kappa shape index (κ3) is 2.86. The molecular weight excluding hydrogens is 355 g/mol. The van der Waals surface area contributed by atoms with Crippen LogP contribution >= 0.6 is 35.0 Å². The van der Waals surface area contributed by atoms with Gasteiger partial charge in [-0.2, -0.15) is 0 Å². The van der Waals surface area contributed by atoms with Crippen molar-refractivity contribution in [2.75, 3.05) is 29.3 Å². The van der Waals surface area contributed by atoms with E-state index in [1.807, 2.05) is 18.1 Å². The average Bonchev–Trinajstić information content (AvgIpc) is 2.56. The molecule has 3 rings (SSSR count). The number of fused-ring (bicyclic) bond motifs is 1. The molecule has 0 atom stereocenters. The van der Waals surface area contributed by atoms with Crippen LogP contribution in [0.25, 0.3) is 0 Å². The van der Waals surface area contributed by atoms with E-state index >= 15 is 0 Å². The molecule has 0 N–H and O–H groups in total. The normalized spacial score (nSPS) is 14.2. The van der Waals surface area contributed by atoms with Crippen molar-refractivity contribution in [2.24, 2.45) is 0 Å². The molecule has 0 bridgehead atoms. The highest BCUT2D eigenvalue weighted by molar-refractivity contribution is 7.98. The number of aromatic nitrogens is 2. The Balaban J connectivity index is 2.11. The van der Waals surface area contributed by atoms with E-state index in [9.17, 15) is 4.79 Å². The Morgan fingerprint density at radius 2 is 2.00 bits per heavy atom. The van der Waals surface area contributed by atoms with Gasteiger partial charge >= 0.3 is 0 Å². The largest absolute Gasteiger partial charge is 0.338 e. The Labute approximate surface area is 148 Å². The van der Waals surface area contributed by atoms with E-state index < -0.39 is 0 Å². The molecular formula is C15H14Cl2N4OS. The summed E-state index contributed by atoms with van der Waals surface area (Å²) in [5, 5.41) is 1.51. The molecule has 0 saturated heterocycles. The predicted octanol–water partition coefficient (Wildman–Crippen LogP) is 3.95. The molecule has 0 saturated carbocycles. The zero-order valence-corrected chi connectivity index (χ0v) is 14.9. The number of para-hydroxylation sites is 1. The van der Waals surface area contributed by atoms with Gasteiger partial charge in [-0.1, -0.05) is 41.0 Å². The summed E-state index contributed by atoms with van der Waals surface area (Å²) in [5.41, 5.74) is 0.964. The van der Waals surface area contributed by atoms with E-state index in [-0.39, 0.29) is 5.91 Å². The lowest BCUT2D eigenvalue weighted by molar-refractivity contribution is 0.0981. The number of hydrogen-bond donors (Lipinski definition) is 0. The number of anilines is 2. The lowest BCUT2D eigenvalue weighted by atomic mass is 10.2. The Morgan fingerprint density at radius 1 is 1.30 bits per heavy atom. The maximum atomic E-state index is 12.9. The topological polar surface area (TPSA) is 49.3 Å². The van der Waals surface area contributed by atoms with Gasteiger partial charge in [-0.3, -0.25) is 9.69 Å². The first-order valence-electron chi connectivity index (χ1n) is 6.98. The molecule has 0 fully saturated rings. The summed E-state index contributed by atoms with van der Waals surface area (Å²) < 4.78 is 0. The molecule has 0 aliphatic carbocycles. The fourth-order valence-electron chi connectivity index (χ4n) is 2.46. The highest BCUT2D eigenvalue weighted by atomic mass is 35.5. The number of halogens is 2. The zero-order chi connectivity index (χ0) is 16.6. The van der Waals surface area contributed by atoms with Crippen molar-refractivity contribution in [1.29, 1.82) is 0 Å². The number of benzene rings is 1. The number of carbonyl (C=O) groups excluding carboxylic acids is 1. The van der Waals surface area contributed by atoms with Crippen LogP contribution in [-0.2, 0) is 0 Å². The molecule has 1 aromatic carbocycles. The molecule has 0 unspecified atom stereocenters. The van der Waals surface area contributed by atoms with Gasteiger partial charge in [0.2, 0.25) is 0 Å². The SMILES string of the molecule is CCN1CN(c2c(Cl)cccc2Cl)C(=O)c2cnc(SC)nc21. The fourth-order valence-corrected chi connectivity index (χ4v) is 3.40. The second-order valence-electron chi connectivity index (χ2n) is 4.89. The van der Waals surface area contributed by atoms with Crippen molar-refractivity contribution in [2.45, 2.75) is 12.1 Å². The van der Waals surface area contributed by atoms with Crippen LogP contribution in [0.1, 0.15) is 17.3 Å². The van der Waals surface area contributed by atoms with E-state index in [1.165, 1.54) is 11.8 Å². The van der Waals surface area contributed by atoms with E-state index in [4.69, 9.17) is 23.2 Å². The van der Waals surface area contributed by atoms with Gasteiger partial charge in [0.15, 0.2) is 5.16 Å². The van der Waals surface area contributed by atoms with Crippen molar-refractivity contribution in [3.05, 3.63) is 40.0 Å². The van der Waals surface area contributed by atoms with Crippen LogP contribution < -0.4 is 9.80 Å². The van der Waals surface area contributed by atoms with Crippen LogP contribution in [-0.4, -0.2) is 35.3 Å².